The third-order valence-electron chi connectivity index (χ3n) is 4.90. The Hall–Kier alpha value is -3.74. The molecule has 7 heteroatoms. The van der Waals surface area contributed by atoms with Crippen molar-refractivity contribution < 1.29 is 4.92 Å². The van der Waals surface area contributed by atoms with Crippen molar-refractivity contribution in [3.8, 4) is 0 Å². The molecule has 7 nitrogen and oxygen atoms in total. The van der Waals surface area contributed by atoms with Gasteiger partial charge in [-0.25, -0.2) is 4.98 Å². The minimum absolute atomic E-state index is 0.0587. The van der Waals surface area contributed by atoms with E-state index in [1.54, 1.807) is 18.3 Å². The molecule has 0 aliphatic heterocycles. The highest BCUT2D eigenvalue weighted by Crippen LogP contribution is 2.30. The molecule has 2 heterocycles. The molecule has 4 rings (SSSR count). The maximum atomic E-state index is 11.2. The van der Waals surface area contributed by atoms with E-state index in [1.165, 1.54) is 11.6 Å². The Morgan fingerprint density at radius 2 is 1.93 bits per heavy atom. The van der Waals surface area contributed by atoms with Crippen LogP contribution in [0.1, 0.15) is 17.1 Å². The fourth-order valence-electron chi connectivity index (χ4n) is 3.47. The highest BCUT2D eigenvalue weighted by atomic mass is 16.6. The lowest BCUT2D eigenvalue weighted by Gasteiger charge is -2.22. The number of nitrogens with zero attached hydrogens (tertiary/aromatic N) is 5. The normalized spacial score (nSPS) is 11.0. The first-order valence-electron chi connectivity index (χ1n) is 9.32. The molecule has 0 unspecified atom stereocenters. The number of pyridine rings is 1. The first kappa shape index (κ1) is 18.6. The second-order valence-corrected chi connectivity index (χ2v) is 7.05. The number of hydrogen-bond acceptors (Lipinski definition) is 5. The van der Waals surface area contributed by atoms with Crippen molar-refractivity contribution >= 4 is 22.3 Å². The lowest BCUT2D eigenvalue weighted by Crippen LogP contribution is -2.20. The van der Waals surface area contributed by atoms with E-state index >= 15 is 0 Å². The summed E-state index contributed by atoms with van der Waals surface area (Å²) in [6.45, 7) is 3.24. The van der Waals surface area contributed by atoms with Gasteiger partial charge >= 0.3 is 0 Å². The summed E-state index contributed by atoms with van der Waals surface area (Å²) in [5.74, 6) is 0.921. The molecule has 0 radical (unpaired) electrons. The van der Waals surface area contributed by atoms with Crippen molar-refractivity contribution in [1.82, 2.24) is 14.5 Å². The first-order valence-corrected chi connectivity index (χ1v) is 9.32. The van der Waals surface area contributed by atoms with Gasteiger partial charge in [-0.2, -0.15) is 0 Å². The molecule has 2 aromatic carbocycles. The first-order chi connectivity index (χ1) is 14.0. The number of rotatable bonds is 6. The number of fused-ring (bicyclic) bond motifs is 1. The smallest absolute Gasteiger partial charge is 0.270 e. The van der Waals surface area contributed by atoms with Crippen LogP contribution < -0.4 is 4.90 Å². The highest BCUT2D eigenvalue weighted by Gasteiger charge is 2.15. The fourth-order valence-corrected chi connectivity index (χ4v) is 3.47. The fraction of sp³-hybridized carbons (Fsp3) is 0.182. The van der Waals surface area contributed by atoms with Gasteiger partial charge in [0.1, 0.15) is 5.82 Å². The van der Waals surface area contributed by atoms with E-state index in [2.05, 4.69) is 31.6 Å². The van der Waals surface area contributed by atoms with Crippen LogP contribution in [0.2, 0.25) is 0 Å². The van der Waals surface area contributed by atoms with Crippen molar-refractivity contribution in [2.24, 2.45) is 0 Å². The molecule has 146 valence electrons. The Morgan fingerprint density at radius 1 is 1.14 bits per heavy atom. The largest absolute Gasteiger partial charge is 0.367 e. The molecule has 0 amide bonds. The van der Waals surface area contributed by atoms with Gasteiger partial charge in [-0.1, -0.05) is 30.3 Å². The molecule has 0 N–H and O–H groups in total. The van der Waals surface area contributed by atoms with Crippen LogP contribution in [0.4, 0.5) is 11.4 Å². The standard InChI is InChI=1S/C22H21N5O2/c1-16-12-21(19-13-18(27(28)29)8-9-20(19)24-16)25(2)15-22-23-10-11-26(22)14-17-6-4-3-5-7-17/h3-13H,14-15H2,1-2H3. The molecular weight excluding hydrogens is 366 g/mol. The lowest BCUT2D eigenvalue weighted by molar-refractivity contribution is -0.384. The summed E-state index contributed by atoms with van der Waals surface area (Å²) in [6, 6.07) is 17.0. The van der Waals surface area contributed by atoms with E-state index in [9.17, 15) is 10.1 Å². The van der Waals surface area contributed by atoms with E-state index in [-0.39, 0.29) is 10.6 Å². The van der Waals surface area contributed by atoms with Crippen LogP contribution >= 0.6 is 0 Å². The number of non-ortho nitro benzene ring substituents is 1. The average molecular weight is 387 g/mol. The van der Waals surface area contributed by atoms with E-state index in [0.717, 1.165) is 34.7 Å². The number of aryl methyl sites for hydroxylation is 1. The SMILES string of the molecule is Cc1cc(N(C)Cc2nccn2Cc2ccccc2)c2cc([N+](=O)[O-])ccc2n1. The minimum atomic E-state index is -0.379. The van der Waals surface area contributed by atoms with E-state index in [4.69, 9.17) is 0 Å². The zero-order chi connectivity index (χ0) is 20.4. The Bertz CT molecular complexity index is 1170. The third-order valence-corrected chi connectivity index (χ3v) is 4.90. The maximum absolute atomic E-state index is 11.2. The number of aromatic nitrogens is 3. The van der Waals surface area contributed by atoms with Crippen molar-refractivity contribution in [1.29, 1.82) is 0 Å². The Morgan fingerprint density at radius 3 is 2.69 bits per heavy atom. The van der Waals surface area contributed by atoms with Gasteiger partial charge in [-0.3, -0.25) is 15.1 Å². The zero-order valence-electron chi connectivity index (χ0n) is 16.3. The highest BCUT2D eigenvalue weighted by molar-refractivity contribution is 5.93. The molecule has 0 saturated heterocycles. The predicted octanol–water partition coefficient (Wildman–Crippen LogP) is 4.33. The number of hydrogen-bond donors (Lipinski definition) is 0. The van der Waals surface area contributed by atoms with E-state index in [0.29, 0.717) is 6.54 Å². The van der Waals surface area contributed by atoms with Gasteiger partial charge in [0, 0.05) is 54.9 Å². The Balaban J connectivity index is 1.66. The average Bonchev–Trinajstić information content (AvgIpc) is 3.14. The number of benzene rings is 2. The van der Waals surface area contributed by atoms with Crippen LogP contribution in [-0.4, -0.2) is 26.5 Å². The molecule has 0 aliphatic rings. The van der Waals surface area contributed by atoms with Crippen LogP contribution in [-0.2, 0) is 13.1 Å². The number of nitro groups is 1. The van der Waals surface area contributed by atoms with E-state index in [1.807, 2.05) is 44.4 Å². The van der Waals surface area contributed by atoms with Gasteiger partial charge in [-0.05, 0) is 24.6 Å². The van der Waals surface area contributed by atoms with Crippen LogP contribution in [0.25, 0.3) is 10.9 Å². The number of anilines is 1. The molecule has 4 aromatic rings. The summed E-state index contributed by atoms with van der Waals surface area (Å²) in [5.41, 5.74) is 3.76. The molecule has 0 fully saturated rings. The second kappa shape index (κ2) is 7.71. The van der Waals surface area contributed by atoms with Crippen LogP contribution in [0.3, 0.4) is 0 Å². The van der Waals surface area contributed by atoms with Gasteiger partial charge in [0.05, 0.1) is 17.0 Å². The van der Waals surface area contributed by atoms with Gasteiger partial charge in [0.25, 0.3) is 5.69 Å². The topological polar surface area (TPSA) is 77.1 Å². The van der Waals surface area contributed by atoms with Crippen molar-refractivity contribution in [2.45, 2.75) is 20.0 Å². The molecular formula is C22H21N5O2. The summed E-state index contributed by atoms with van der Waals surface area (Å²) in [4.78, 5) is 21.9. The van der Waals surface area contributed by atoms with Gasteiger partial charge in [-0.15, -0.1) is 0 Å². The number of nitro benzene ring substituents is 1. The quantitative estimate of drug-likeness (QED) is 0.363. The monoisotopic (exact) mass is 387 g/mol. The summed E-state index contributed by atoms with van der Waals surface area (Å²) in [5, 5.41) is 12.0. The Kier molecular flexibility index (Phi) is 4.95. The van der Waals surface area contributed by atoms with Gasteiger partial charge in [0.15, 0.2) is 0 Å². The van der Waals surface area contributed by atoms with Crippen molar-refractivity contribution in [2.75, 3.05) is 11.9 Å². The molecule has 0 saturated carbocycles. The van der Waals surface area contributed by atoms with Crippen LogP contribution in [0, 0.1) is 17.0 Å². The number of imidazole rings is 1. The minimum Gasteiger partial charge on any atom is -0.367 e. The maximum Gasteiger partial charge on any atom is 0.270 e. The molecule has 0 bridgehead atoms. The molecule has 29 heavy (non-hydrogen) atoms. The van der Waals surface area contributed by atoms with Gasteiger partial charge < -0.3 is 9.47 Å². The molecule has 2 aromatic heterocycles. The second-order valence-electron chi connectivity index (χ2n) is 7.05. The summed E-state index contributed by atoms with van der Waals surface area (Å²) in [7, 11) is 1.97. The van der Waals surface area contributed by atoms with Crippen LogP contribution in [0.5, 0.6) is 0 Å². The van der Waals surface area contributed by atoms with E-state index < -0.39 is 0 Å². The lowest BCUT2D eigenvalue weighted by atomic mass is 10.1. The molecule has 0 atom stereocenters. The third kappa shape index (κ3) is 3.94. The summed E-state index contributed by atoms with van der Waals surface area (Å²) in [6.07, 6.45) is 3.77. The Labute approximate surface area is 168 Å². The molecule has 0 aliphatic carbocycles. The van der Waals surface area contributed by atoms with Crippen molar-refractivity contribution in [3.63, 3.8) is 0 Å². The zero-order valence-corrected chi connectivity index (χ0v) is 16.3. The predicted molar refractivity (Wildman–Crippen MR) is 113 cm³/mol. The van der Waals surface area contributed by atoms with Gasteiger partial charge in [0.2, 0.25) is 0 Å². The summed E-state index contributed by atoms with van der Waals surface area (Å²) >= 11 is 0. The van der Waals surface area contributed by atoms with Crippen molar-refractivity contribution in [3.05, 3.63) is 94.2 Å². The summed E-state index contributed by atoms with van der Waals surface area (Å²) < 4.78 is 2.12. The van der Waals surface area contributed by atoms with Crippen LogP contribution in [0.15, 0.2) is 67.0 Å². The molecule has 0 spiro atoms.